The fourth-order valence-electron chi connectivity index (χ4n) is 1.99. The minimum atomic E-state index is -0.692. The van der Waals surface area contributed by atoms with Gasteiger partial charge in [-0.15, -0.1) is 0 Å². The summed E-state index contributed by atoms with van der Waals surface area (Å²) in [5.74, 6) is -0.845. The van der Waals surface area contributed by atoms with Crippen molar-refractivity contribution in [1.82, 2.24) is 4.90 Å². The van der Waals surface area contributed by atoms with Gasteiger partial charge in [-0.3, -0.25) is 14.5 Å². The third-order valence-electron chi connectivity index (χ3n) is 2.95. The van der Waals surface area contributed by atoms with E-state index in [-0.39, 0.29) is 17.7 Å². The van der Waals surface area contributed by atoms with Gasteiger partial charge in [-0.1, -0.05) is 26.0 Å². The molecule has 2 amide bonds. The molecule has 0 unspecified atom stereocenters. The van der Waals surface area contributed by atoms with Crippen molar-refractivity contribution in [3.05, 3.63) is 35.4 Å². The zero-order valence-electron chi connectivity index (χ0n) is 9.71. The number of carbonyl (C=O) groups is 3. The molecule has 1 aromatic carbocycles. The third kappa shape index (κ3) is 1.65. The number of nitrogens with zero attached hydrogens (tertiary/aromatic N) is 1. The highest BCUT2D eigenvalue weighted by Crippen LogP contribution is 2.26. The number of benzene rings is 1. The number of aldehydes is 1. The molecular weight excluding hydrogens is 218 g/mol. The summed E-state index contributed by atoms with van der Waals surface area (Å²) in [6.45, 7) is 3.62. The van der Waals surface area contributed by atoms with Crippen molar-refractivity contribution in [1.29, 1.82) is 0 Å². The van der Waals surface area contributed by atoms with Crippen LogP contribution in [-0.4, -0.2) is 29.0 Å². The number of hydrogen-bond acceptors (Lipinski definition) is 3. The molecule has 0 fully saturated rings. The van der Waals surface area contributed by atoms with Gasteiger partial charge in [0.25, 0.3) is 11.8 Å². The Morgan fingerprint density at radius 3 is 1.88 bits per heavy atom. The summed E-state index contributed by atoms with van der Waals surface area (Å²) in [5.41, 5.74) is 0.759. The summed E-state index contributed by atoms with van der Waals surface area (Å²) in [4.78, 5) is 36.2. The van der Waals surface area contributed by atoms with E-state index in [0.29, 0.717) is 17.4 Å². The second-order valence-corrected chi connectivity index (χ2v) is 4.40. The highest BCUT2D eigenvalue weighted by molar-refractivity contribution is 6.22. The molecule has 88 valence electrons. The maximum Gasteiger partial charge on any atom is 0.262 e. The molecule has 0 aromatic heterocycles. The lowest BCUT2D eigenvalue weighted by atomic mass is 10.0. The first kappa shape index (κ1) is 11.5. The van der Waals surface area contributed by atoms with Crippen LogP contribution in [0.3, 0.4) is 0 Å². The number of amides is 2. The van der Waals surface area contributed by atoms with Crippen LogP contribution in [0.1, 0.15) is 34.6 Å². The van der Waals surface area contributed by atoms with Crippen molar-refractivity contribution in [2.75, 3.05) is 0 Å². The van der Waals surface area contributed by atoms with E-state index >= 15 is 0 Å². The van der Waals surface area contributed by atoms with E-state index in [1.165, 1.54) is 0 Å². The smallest absolute Gasteiger partial charge is 0.262 e. The van der Waals surface area contributed by atoms with E-state index in [0.717, 1.165) is 4.90 Å². The Balaban J connectivity index is 2.45. The van der Waals surface area contributed by atoms with Gasteiger partial charge in [0.1, 0.15) is 6.29 Å². The van der Waals surface area contributed by atoms with Gasteiger partial charge in [0.2, 0.25) is 0 Å². The molecular formula is C13H13NO3. The van der Waals surface area contributed by atoms with Crippen LogP contribution in [0.25, 0.3) is 0 Å². The van der Waals surface area contributed by atoms with Gasteiger partial charge in [0.05, 0.1) is 17.2 Å². The lowest BCUT2D eigenvalue weighted by Gasteiger charge is -2.24. The zero-order valence-corrected chi connectivity index (χ0v) is 9.71. The molecule has 0 bridgehead atoms. The normalized spacial score (nSPS) is 16.3. The second kappa shape index (κ2) is 4.13. The lowest BCUT2D eigenvalue weighted by Crippen LogP contribution is -2.43. The third-order valence-corrected chi connectivity index (χ3v) is 2.95. The summed E-state index contributed by atoms with van der Waals surface area (Å²) < 4.78 is 0. The predicted octanol–water partition coefficient (Wildman–Crippen LogP) is 1.51. The minimum Gasteiger partial charge on any atom is -0.301 e. The van der Waals surface area contributed by atoms with Crippen LogP contribution in [0.4, 0.5) is 0 Å². The molecule has 1 atom stereocenters. The summed E-state index contributed by atoms with van der Waals surface area (Å²) in [7, 11) is 0. The average Bonchev–Trinajstić information content (AvgIpc) is 2.56. The van der Waals surface area contributed by atoms with Crippen LogP contribution >= 0.6 is 0 Å². The quantitative estimate of drug-likeness (QED) is 0.585. The molecule has 4 heteroatoms. The number of carbonyl (C=O) groups excluding carboxylic acids is 3. The van der Waals surface area contributed by atoms with Crippen LogP contribution in [-0.2, 0) is 4.79 Å². The monoisotopic (exact) mass is 231 g/mol. The molecule has 0 N–H and O–H groups in total. The molecule has 0 saturated heterocycles. The van der Waals surface area contributed by atoms with Gasteiger partial charge in [0, 0.05) is 0 Å². The largest absolute Gasteiger partial charge is 0.301 e. The summed E-state index contributed by atoms with van der Waals surface area (Å²) >= 11 is 0. The van der Waals surface area contributed by atoms with Gasteiger partial charge in [-0.2, -0.15) is 0 Å². The standard InChI is InChI=1S/C13H13NO3/c1-8(2)11(7-15)14-12(16)9-5-3-4-6-10(9)13(14)17/h3-8,11H,1-2H3/t11-/m1/s1. The van der Waals surface area contributed by atoms with Crippen molar-refractivity contribution < 1.29 is 14.4 Å². The van der Waals surface area contributed by atoms with Crippen LogP contribution < -0.4 is 0 Å². The molecule has 1 heterocycles. The minimum absolute atomic E-state index is 0.0882. The number of fused-ring (bicyclic) bond motifs is 1. The van der Waals surface area contributed by atoms with E-state index in [1.54, 1.807) is 24.3 Å². The van der Waals surface area contributed by atoms with Crippen molar-refractivity contribution >= 4 is 18.1 Å². The van der Waals surface area contributed by atoms with Crippen LogP contribution in [0.15, 0.2) is 24.3 Å². The Morgan fingerprint density at radius 1 is 1.06 bits per heavy atom. The maximum atomic E-state index is 12.1. The Hall–Kier alpha value is -1.97. The van der Waals surface area contributed by atoms with Gasteiger partial charge in [-0.25, -0.2) is 0 Å². The Labute approximate surface area is 99.2 Å². The zero-order chi connectivity index (χ0) is 12.6. The van der Waals surface area contributed by atoms with E-state index in [1.807, 2.05) is 13.8 Å². The number of imide groups is 1. The second-order valence-electron chi connectivity index (χ2n) is 4.40. The molecule has 4 nitrogen and oxygen atoms in total. The topological polar surface area (TPSA) is 54.5 Å². The van der Waals surface area contributed by atoms with E-state index < -0.39 is 6.04 Å². The van der Waals surface area contributed by atoms with E-state index in [9.17, 15) is 14.4 Å². The molecule has 17 heavy (non-hydrogen) atoms. The van der Waals surface area contributed by atoms with Crippen molar-refractivity contribution in [2.24, 2.45) is 5.92 Å². The average molecular weight is 231 g/mol. The van der Waals surface area contributed by atoms with Crippen molar-refractivity contribution in [3.8, 4) is 0 Å². The fourth-order valence-corrected chi connectivity index (χ4v) is 1.99. The lowest BCUT2D eigenvalue weighted by molar-refractivity contribution is -0.112. The maximum absolute atomic E-state index is 12.1. The molecule has 0 spiro atoms. The Bertz CT molecular complexity index is 458. The van der Waals surface area contributed by atoms with Crippen molar-refractivity contribution in [2.45, 2.75) is 19.9 Å². The molecule has 2 rings (SSSR count). The molecule has 0 aliphatic carbocycles. The summed E-state index contributed by atoms with van der Waals surface area (Å²) in [6.07, 6.45) is 0.659. The SMILES string of the molecule is CC(C)[C@@H](C=O)N1C(=O)c2ccccc2C1=O. The predicted molar refractivity (Wildman–Crippen MR) is 61.6 cm³/mol. The Kier molecular flexibility index (Phi) is 2.79. The van der Waals surface area contributed by atoms with Gasteiger partial charge >= 0.3 is 0 Å². The highest BCUT2D eigenvalue weighted by Gasteiger charge is 2.40. The first-order chi connectivity index (χ1) is 8.07. The van der Waals surface area contributed by atoms with Crippen LogP contribution in [0.2, 0.25) is 0 Å². The first-order valence-corrected chi connectivity index (χ1v) is 5.50. The molecule has 1 aromatic rings. The van der Waals surface area contributed by atoms with Crippen LogP contribution in [0.5, 0.6) is 0 Å². The first-order valence-electron chi connectivity index (χ1n) is 5.50. The van der Waals surface area contributed by atoms with Crippen LogP contribution in [0, 0.1) is 5.92 Å². The molecule has 1 aliphatic heterocycles. The van der Waals surface area contributed by atoms with Crippen molar-refractivity contribution in [3.63, 3.8) is 0 Å². The Morgan fingerprint density at radius 2 is 1.53 bits per heavy atom. The summed E-state index contributed by atoms with van der Waals surface area (Å²) in [6, 6.07) is 5.94. The van der Waals surface area contributed by atoms with Gasteiger partial charge in [-0.05, 0) is 18.1 Å². The fraction of sp³-hybridized carbons (Fsp3) is 0.308. The number of hydrogen-bond donors (Lipinski definition) is 0. The summed E-state index contributed by atoms with van der Waals surface area (Å²) in [5, 5.41) is 0. The molecule has 1 aliphatic rings. The molecule has 0 radical (unpaired) electrons. The number of rotatable bonds is 3. The van der Waals surface area contributed by atoms with Gasteiger partial charge < -0.3 is 4.79 Å². The highest BCUT2D eigenvalue weighted by atomic mass is 16.2. The molecule has 0 saturated carbocycles. The van der Waals surface area contributed by atoms with E-state index in [4.69, 9.17) is 0 Å². The van der Waals surface area contributed by atoms with Gasteiger partial charge in [0.15, 0.2) is 0 Å². The van der Waals surface area contributed by atoms with E-state index in [2.05, 4.69) is 0 Å².